The van der Waals surface area contributed by atoms with Gasteiger partial charge < -0.3 is 0 Å². The molecule has 1 unspecified atom stereocenters. The van der Waals surface area contributed by atoms with E-state index >= 15 is 0 Å². The lowest BCUT2D eigenvalue weighted by Gasteiger charge is -2.44. The fourth-order valence-corrected chi connectivity index (χ4v) is 3.04. The Bertz CT molecular complexity index is 227. The van der Waals surface area contributed by atoms with Crippen molar-refractivity contribution in [2.75, 3.05) is 7.05 Å². The van der Waals surface area contributed by atoms with Crippen LogP contribution < -0.4 is 0 Å². The summed E-state index contributed by atoms with van der Waals surface area (Å²) in [4.78, 5) is 2.56. The Morgan fingerprint density at radius 1 is 0.824 bits per heavy atom. The molecular weight excluding hydrogens is 206 g/mol. The summed E-state index contributed by atoms with van der Waals surface area (Å²) in [5.74, 6) is 0. The van der Waals surface area contributed by atoms with Gasteiger partial charge in [-0.25, -0.2) is 0 Å². The van der Waals surface area contributed by atoms with E-state index in [1.165, 1.54) is 12.8 Å². The number of hydrogen-bond donors (Lipinski definition) is 0. The van der Waals surface area contributed by atoms with Gasteiger partial charge in [-0.05, 0) is 51.5 Å². The first kappa shape index (κ1) is 17.0. The fraction of sp³-hybridized carbons (Fsp3) is 1.00. The average molecular weight is 241 g/mol. The van der Waals surface area contributed by atoms with E-state index in [4.69, 9.17) is 0 Å². The number of rotatable bonds is 4. The zero-order valence-corrected chi connectivity index (χ0v) is 13.9. The maximum Gasteiger partial charge on any atom is 0.0158 e. The van der Waals surface area contributed by atoms with Crippen LogP contribution in [-0.2, 0) is 0 Å². The second kappa shape index (κ2) is 5.30. The fourth-order valence-electron chi connectivity index (χ4n) is 3.04. The van der Waals surface area contributed by atoms with E-state index in [0.29, 0.717) is 16.9 Å². The van der Waals surface area contributed by atoms with Crippen molar-refractivity contribution in [3.63, 3.8) is 0 Å². The molecule has 0 aliphatic heterocycles. The molecule has 0 spiro atoms. The van der Waals surface area contributed by atoms with Gasteiger partial charge in [0.25, 0.3) is 0 Å². The number of nitrogens with zero attached hydrogens (tertiary/aromatic N) is 1. The smallest absolute Gasteiger partial charge is 0.0158 e. The van der Waals surface area contributed by atoms with E-state index in [1.807, 2.05) is 0 Å². The molecule has 0 amide bonds. The van der Waals surface area contributed by atoms with Crippen LogP contribution in [0.25, 0.3) is 0 Å². The normalized spacial score (nSPS) is 16.4. The Morgan fingerprint density at radius 2 is 1.24 bits per heavy atom. The van der Waals surface area contributed by atoms with Crippen molar-refractivity contribution in [3.8, 4) is 0 Å². The van der Waals surface area contributed by atoms with Crippen molar-refractivity contribution in [2.24, 2.45) is 10.8 Å². The van der Waals surface area contributed by atoms with Crippen molar-refractivity contribution >= 4 is 0 Å². The van der Waals surface area contributed by atoms with Gasteiger partial charge in [-0.2, -0.15) is 0 Å². The molecule has 0 bridgehead atoms. The molecule has 104 valence electrons. The summed E-state index contributed by atoms with van der Waals surface area (Å²) < 4.78 is 0. The topological polar surface area (TPSA) is 3.24 Å². The van der Waals surface area contributed by atoms with Gasteiger partial charge >= 0.3 is 0 Å². The Hall–Kier alpha value is -0.0400. The molecule has 0 fully saturated rings. The van der Waals surface area contributed by atoms with Gasteiger partial charge in [-0.15, -0.1) is 0 Å². The lowest BCUT2D eigenvalue weighted by atomic mass is 9.79. The molecule has 0 saturated carbocycles. The van der Waals surface area contributed by atoms with E-state index in [2.05, 4.69) is 74.3 Å². The molecule has 1 atom stereocenters. The monoisotopic (exact) mass is 241 g/mol. The Labute approximate surface area is 110 Å². The second-order valence-electron chi connectivity index (χ2n) is 8.77. The molecule has 0 aromatic heterocycles. The summed E-state index contributed by atoms with van der Waals surface area (Å²) in [5, 5.41) is 0. The summed E-state index contributed by atoms with van der Waals surface area (Å²) >= 11 is 0. The van der Waals surface area contributed by atoms with Crippen molar-refractivity contribution in [3.05, 3.63) is 0 Å². The molecule has 1 nitrogen and oxygen atoms in total. The van der Waals surface area contributed by atoms with Crippen molar-refractivity contribution in [1.82, 2.24) is 4.90 Å². The molecule has 0 aromatic carbocycles. The van der Waals surface area contributed by atoms with E-state index in [0.717, 1.165) is 0 Å². The first-order chi connectivity index (χ1) is 7.25. The first-order valence-electron chi connectivity index (χ1n) is 6.98. The van der Waals surface area contributed by atoms with Crippen LogP contribution in [0.3, 0.4) is 0 Å². The predicted octanol–water partition coefficient (Wildman–Crippen LogP) is 4.96. The Balaban J connectivity index is 4.62. The van der Waals surface area contributed by atoms with Crippen molar-refractivity contribution in [2.45, 2.75) is 86.7 Å². The van der Waals surface area contributed by atoms with Gasteiger partial charge in [0.15, 0.2) is 0 Å². The quantitative estimate of drug-likeness (QED) is 0.672. The third kappa shape index (κ3) is 7.08. The molecule has 0 aliphatic rings. The van der Waals surface area contributed by atoms with Crippen molar-refractivity contribution < 1.29 is 0 Å². The SMILES string of the molecule is CC(CC(C)(C)C)N(C)C(C)(C)CC(C)(C)C. The summed E-state index contributed by atoms with van der Waals surface area (Å²) in [6, 6.07) is 0.632. The van der Waals surface area contributed by atoms with Crippen LogP contribution in [-0.4, -0.2) is 23.5 Å². The molecule has 0 rings (SSSR count). The van der Waals surface area contributed by atoms with Crippen LogP contribution in [0.15, 0.2) is 0 Å². The maximum atomic E-state index is 2.56. The highest BCUT2D eigenvalue weighted by atomic mass is 15.2. The van der Waals surface area contributed by atoms with Crippen LogP contribution in [0, 0.1) is 10.8 Å². The predicted molar refractivity (Wildman–Crippen MR) is 79.4 cm³/mol. The van der Waals surface area contributed by atoms with Crippen LogP contribution >= 0.6 is 0 Å². The summed E-state index contributed by atoms with van der Waals surface area (Å²) in [5.41, 5.74) is 1.06. The van der Waals surface area contributed by atoms with Gasteiger partial charge in [-0.3, -0.25) is 4.90 Å². The molecular formula is C16H35N. The van der Waals surface area contributed by atoms with E-state index in [-0.39, 0.29) is 5.54 Å². The van der Waals surface area contributed by atoms with Crippen LogP contribution in [0.4, 0.5) is 0 Å². The first-order valence-corrected chi connectivity index (χ1v) is 6.98. The molecule has 0 aliphatic carbocycles. The second-order valence-corrected chi connectivity index (χ2v) is 8.77. The molecule has 17 heavy (non-hydrogen) atoms. The Kier molecular flexibility index (Phi) is 5.29. The lowest BCUT2D eigenvalue weighted by molar-refractivity contribution is 0.0526. The zero-order valence-electron chi connectivity index (χ0n) is 13.9. The summed E-state index contributed by atoms with van der Waals surface area (Å²) in [7, 11) is 2.28. The van der Waals surface area contributed by atoms with Gasteiger partial charge in [0.05, 0.1) is 0 Å². The maximum absolute atomic E-state index is 2.56. The summed E-state index contributed by atoms with van der Waals surface area (Å²) in [6.07, 6.45) is 2.47. The van der Waals surface area contributed by atoms with Crippen LogP contribution in [0.5, 0.6) is 0 Å². The van der Waals surface area contributed by atoms with Crippen LogP contribution in [0.1, 0.15) is 75.2 Å². The van der Waals surface area contributed by atoms with E-state index in [1.54, 1.807) is 0 Å². The average Bonchev–Trinajstić information content (AvgIpc) is 1.94. The molecule has 0 radical (unpaired) electrons. The molecule has 0 saturated heterocycles. The molecule has 0 aromatic rings. The highest BCUT2D eigenvalue weighted by Gasteiger charge is 2.32. The summed E-state index contributed by atoms with van der Waals surface area (Å²) in [6.45, 7) is 21.1. The largest absolute Gasteiger partial charge is 0.299 e. The third-order valence-corrected chi connectivity index (χ3v) is 3.49. The molecule has 0 N–H and O–H groups in total. The number of hydrogen-bond acceptors (Lipinski definition) is 1. The lowest BCUT2D eigenvalue weighted by Crippen LogP contribution is -2.49. The minimum absolute atomic E-state index is 0.267. The van der Waals surface area contributed by atoms with Gasteiger partial charge in [0.2, 0.25) is 0 Å². The van der Waals surface area contributed by atoms with Gasteiger partial charge in [-0.1, -0.05) is 41.5 Å². The van der Waals surface area contributed by atoms with Gasteiger partial charge in [0.1, 0.15) is 0 Å². The molecule has 0 heterocycles. The van der Waals surface area contributed by atoms with E-state index < -0.39 is 0 Å². The van der Waals surface area contributed by atoms with Crippen LogP contribution in [0.2, 0.25) is 0 Å². The van der Waals surface area contributed by atoms with E-state index in [9.17, 15) is 0 Å². The minimum Gasteiger partial charge on any atom is -0.299 e. The highest BCUT2D eigenvalue weighted by Crippen LogP contribution is 2.33. The standard InChI is InChI=1S/C16H35N/c1-13(11-14(2,3)4)17(10)16(8,9)12-15(5,6)7/h13H,11-12H2,1-10H3. The zero-order chi connectivity index (χ0) is 14.1. The minimum atomic E-state index is 0.267. The Morgan fingerprint density at radius 3 is 1.53 bits per heavy atom. The van der Waals surface area contributed by atoms with Crippen molar-refractivity contribution in [1.29, 1.82) is 0 Å². The third-order valence-electron chi connectivity index (χ3n) is 3.49. The van der Waals surface area contributed by atoms with Gasteiger partial charge in [0, 0.05) is 11.6 Å². The molecule has 1 heteroatoms. The highest BCUT2D eigenvalue weighted by molar-refractivity contribution is 4.88.